The third kappa shape index (κ3) is 1.20. The summed E-state index contributed by atoms with van der Waals surface area (Å²) in [7, 11) is 0. The van der Waals surface area contributed by atoms with Crippen LogP contribution in [0.1, 0.15) is 19.4 Å². The molecule has 0 nitrogen and oxygen atoms in total. The molecule has 0 radical (unpaired) electrons. The molecule has 0 aromatic heterocycles. The molecule has 0 heteroatoms. The van der Waals surface area contributed by atoms with Crippen LogP contribution in [0, 0.1) is 13.7 Å². The molecule has 2 aromatic carbocycles. The molecular weight excluding hydrogens is 144 g/mol. The van der Waals surface area contributed by atoms with Crippen LogP contribution in [0.3, 0.4) is 0 Å². The summed E-state index contributed by atoms with van der Waals surface area (Å²) in [5.74, 6) is 0. The maximum Gasteiger partial charge on any atom is 0.0280 e. The summed E-state index contributed by atoms with van der Waals surface area (Å²) in [6.07, 6.45) is 0. The second-order valence-corrected chi connectivity index (χ2v) is 2.78. The van der Waals surface area contributed by atoms with Crippen LogP contribution in [0.2, 0.25) is 0 Å². The molecule has 0 saturated heterocycles. The van der Waals surface area contributed by atoms with Crippen LogP contribution in [0.5, 0.6) is 0 Å². The number of rotatable bonds is 0. The van der Waals surface area contributed by atoms with Gasteiger partial charge in [-0.25, -0.2) is 0 Å². The minimum absolute atomic E-state index is 0.261. The van der Waals surface area contributed by atoms with Gasteiger partial charge in [0.05, 0.1) is 0 Å². The van der Waals surface area contributed by atoms with Crippen molar-refractivity contribution >= 4 is 10.8 Å². The van der Waals surface area contributed by atoms with Gasteiger partial charge in [-0.2, -0.15) is 0 Å². The van der Waals surface area contributed by atoms with E-state index in [4.69, 9.17) is 8.22 Å². The molecule has 0 spiro atoms. The predicted octanol–water partition coefficient (Wildman–Crippen LogP) is 3.46. The third-order valence-electron chi connectivity index (χ3n) is 1.84. The standard InChI is InChI=1S/C12H12/c1-9-3-5-12-8-10(2)4-6-11(12)7-9/h3-8H,1-2H3/i1D3,2D3. The summed E-state index contributed by atoms with van der Waals surface area (Å²) >= 11 is 0. The number of aryl methyl sites for hydroxylation is 2. The van der Waals surface area contributed by atoms with Gasteiger partial charge in [0.1, 0.15) is 0 Å². The summed E-state index contributed by atoms with van der Waals surface area (Å²) in [5.41, 5.74) is 0.522. The van der Waals surface area contributed by atoms with Gasteiger partial charge >= 0.3 is 0 Å². The highest BCUT2D eigenvalue weighted by molar-refractivity contribution is 5.83. The molecule has 0 atom stereocenters. The van der Waals surface area contributed by atoms with Crippen molar-refractivity contribution < 1.29 is 8.22 Å². The zero-order valence-corrected chi connectivity index (χ0v) is 6.46. The molecule has 2 rings (SSSR count). The highest BCUT2D eigenvalue weighted by atomic mass is 14.0. The lowest BCUT2D eigenvalue weighted by molar-refractivity contribution is 1.47. The number of hydrogen-bond donors (Lipinski definition) is 0. The fourth-order valence-electron chi connectivity index (χ4n) is 1.25. The summed E-state index contributed by atoms with van der Waals surface area (Å²) in [6, 6.07) is 9.47. The van der Waals surface area contributed by atoms with Gasteiger partial charge in [0.2, 0.25) is 0 Å². The zero-order chi connectivity index (χ0) is 13.6. The molecule has 0 saturated carbocycles. The highest BCUT2D eigenvalue weighted by Crippen LogP contribution is 2.16. The van der Waals surface area contributed by atoms with Crippen LogP contribution < -0.4 is 0 Å². The van der Waals surface area contributed by atoms with E-state index in [2.05, 4.69) is 0 Å². The fourth-order valence-corrected chi connectivity index (χ4v) is 1.25. The lowest BCUT2D eigenvalue weighted by atomic mass is 10.1. The summed E-state index contributed by atoms with van der Waals surface area (Å²) in [5, 5.41) is 1.47. The first kappa shape index (κ1) is 3.21. The molecule has 0 bridgehead atoms. The SMILES string of the molecule is [2H]C([2H])([2H])c1ccc2cc(C([2H])([2H])[2H])ccc2c1. The molecule has 2 aromatic rings. The van der Waals surface area contributed by atoms with E-state index >= 15 is 0 Å². The molecular formula is C12H12. The zero-order valence-electron chi connectivity index (χ0n) is 12.5. The van der Waals surface area contributed by atoms with E-state index in [9.17, 15) is 0 Å². The van der Waals surface area contributed by atoms with Gasteiger partial charge in [-0.3, -0.25) is 0 Å². The molecule has 0 N–H and O–H groups in total. The maximum atomic E-state index is 7.33. The Morgan fingerprint density at radius 3 is 1.75 bits per heavy atom. The fraction of sp³-hybridized carbons (Fsp3) is 0.167. The molecule has 0 heterocycles. The van der Waals surface area contributed by atoms with Crippen molar-refractivity contribution in [3.05, 3.63) is 47.5 Å². The van der Waals surface area contributed by atoms with Gasteiger partial charge in [-0.05, 0) is 24.5 Å². The first-order valence-electron chi connectivity index (χ1n) is 6.73. The largest absolute Gasteiger partial charge is 0.0587 e. The monoisotopic (exact) mass is 162 g/mol. The smallest absolute Gasteiger partial charge is 0.0280 e. The van der Waals surface area contributed by atoms with Crippen molar-refractivity contribution in [1.29, 1.82) is 0 Å². The Bertz CT molecular complexity index is 526. The predicted molar refractivity (Wildman–Crippen MR) is 53.4 cm³/mol. The summed E-state index contributed by atoms with van der Waals surface area (Å²) in [4.78, 5) is 0. The van der Waals surface area contributed by atoms with Crippen molar-refractivity contribution in [3.63, 3.8) is 0 Å². The minimum atomic E-state index is -2.14. The second-order valence-electron chi connectivity index (χ2n) is 2.78. The molecule has 0 aliphatic rings. The molecule has 0 amide bonds. The number of benzene rings is 2. The maximum absolute atomic E-state index is 7.33. The van der Waals surface area contributed by atoms with Gasteiger partial charge in [-0.15, -0.1) is 0 Å². The van der Waals surface area contributed by atoms with Crippen LogP contribution in [-0.2, 0) is 0 Å². The van der Waals surface area contributed by atoms with Crippen LogP contribution in [0.15, 0.2) is 36.4 Å². The Morgan fingerprint density at radius 1 is 0.833 bits per heavy atom. The topological polar surface area (TPSA) is 0 Å². The second kappa shape index (κ2) is 2.63. The number of hydrogen-bond acceptors (Lipinski definition) is 0. The normalized spacial score (nSPS) is 20.0. The van der Waals surface area contributed by atoms with E-state index in [0.717, 1.165) is 10.8 Å². The summed E-state index contributed by atoms with van der Waals surface area (Å²) in [6.45, 7) is -4.28. The van der Waals surface area contributed by atoms with Gasteiger partial charge in [-0.1, -0.05) is 47.5 Å². The average Bonchev–Trinajstić information content (AvgIpc) is 2.25. The summed E-state index contributed by atoms with van der Waals surface area (Å²) < 4.78 is 44.0. The lowest BCUT2D eigenvalue weighted by Gasteiger charge is -1.99. The van der Waals surface area contributed by atoms with E-state index in [-0.39, 0.29) is 11.1 Å². The van der Waals surface area contributed by atoms with E-state index in [1.54, 1.807) is 24.3 Å². The Balaban J connectivity index is 2.56. The first-order chi connectivity index (χ1) is 8.18. The Morgan fingerprint density at radius 2 is 1.33 bits per heavy atom. The van der Waals surface area contributed by atoms with Crippen LogP contribution in [0.25, 0.3) is 10.8 Å². The van der Waals surface area contributed by atoms with E-state index in [1.165, 1.54) is 12.1 Å². The Hall–Kier alpha value is -1.30. The van der Waals surface area contributed by atoms with Crippen molar-refractivity contribution in [2.45, 2.75) is 13.7 Å². The number of fused-ring (bicyclic) bond motifs is 1. The van der Waals surface area contributed by atoms with Crippen LogP contribution in [0.4, 0.5) is 0 Å². The Labute approximate surface area is 81.3 Å². The van der Waals surface area contributed by atoms with E-state index < -0.39 is 13.7 Å². The quantitative estimate of drug-likeness (QED) is 0.556. The van der Waals surface area contributed by atoms with E-state index in [0.29, 0.717) is 0 Å². The lowest BCUT2D eigenvalue weighted by Crippen LogP contribution is -1.76. The van der Waals surface area contributed by atoms with Gasteiger partial charge in [0.15, 0.2) is 0 Å². The van der Waals surface area contributed by atoms with Crippen LogP contribution in [-0.4, -0.2) is 0 Å². The van der Waals surface area contributed by atoms with Gasteiger partial charge < -0.3 is 0 Å². The van der Waals surface area contributed by atoms with Crippen molar-refractivity contribution in [3.8, 4) is 0 Å². The van der Waals surface area contributed by atoms with Crippen molar-refractivity contribution in [1.82, 2.24) is 0 Å². The highest BCUT2D eigenvalue weighted by Gasteiger charge is 1.92. The van der Waals surface area contributed by atoms with Gasteiger partial charge in [0, 0.05) is 8.22 Å². The Kier molecular flexibility index (Phi) is 0.705. The molecule has 0 aliphatic carbocycles. The molecule has 60 valence electrons. The van der Waals surface area contributed by atoms with Crippen LogP contribution >= 0.6 is 0 Å². The third-order valence-corrected chi connectivity index (χ3v) is 1.84. The molecule has 0 unspecified atom stereocenters. The average molecular weight is 162 g/mol. The molecule has 12 heavy (non-hydrogen) atoms. The van der Waals surface area contributed by atoms with Crippen molar-refractivity contribution in [2.75, 3.05) is 0 Å². The minimum Gasteiger partial charge on any atom is -0.0587 e. The van der Waals surface area contributed by atoms with Gasteiger partial charge in [0.25, 0.3) is 0 Å². The first-order valence-corrected chi connectivity index (χ1v) is 3.73. The van der Waals surface area contributed by atoms with E-state index in [1.807, 2.05) is 0 Å². The molecule has 0 fully saturated rings. The molecule has 0 aliphatic heterocycles. The van der Waals surface area contributed by atoms with Crippen molar-refractivity contribution in [2.24, 2.45) is 0 Å².